The molecule has 0 aliphatic carbocycles. The number of hydrogen-bond acceptors (Lipinski definition) is 3. The van der Waals surface area contributed by atoms with Crippen LogP contribution >= 0.6 is 12.2 Å². The zero-order chi connectivity index (χ0) is 19.9. The largest absolute Gasteiger partial charge is 0.492 e. The Morgan fingerprint density at radius 2 is 1.71 bits per heavy atom. The molecule has 0 bridgehead atoms. The molecule has 0 saturated carbocycles. The first-order valence-electron chi connectivity index (χ1n) is 10.2. The van der Waals surface area contributed by atoms with Crippen LogP contribution in [-0.4, -0.2) is 42.8 Å². The summed E-state index contributed by atoms with van der Waals surface area (Å²) in [4.78, 5) is 4.63. The molecule has 0 unspecified atom stereocenters. The van der Waals surface area contributed by atoms with E-state index < -0.39 is 0 Å². The van der Waals surface area contributed by atoms with Crippen LogP contribution in [0.3, 0.4) is 0 Å². The Kier molecular flexibility index (Phi) is 7.15. The molecule has 1 heterocycles. The molecular formula is C23H31N3OS. The maximum atomic E-state index is 5.78. The summed E-state index contributed by atoms with van der Waals surface area (Å²) in [6.07, 6.45) is 1.15. The average Bonchev–Trinajstić information content (AvgIpc) is 2.74. The molecule has 3 rings (SSSR count). The molecule has 0 aromatic heterocycles. The third kappa shape index (κ3) is 4.96. The van der Waals surface area contributed by atoms with Crippen molar-refractivity contribution in [3.05, 3.63) is 54.1 Å². The Labute approximate surface area is 174 Å². The lowest BCUT2D eigenvalue weighted by molar-refractivity contribution is 0.336. The highest BCUT2D eigenvalue weighted by Crippen LogP contribution is 2.29. The van der Waals surface area contributed by atoms with Crippen molar-refractivity contribution >= 4 is 28.7 Å². The number of rotatable bonds is 6. The van der Waals surface area contributed by atoms with E-state index in [-0.39, 0.29) is 0 Å². The summed E-state index contributed by atoms with van der Waals surface area (Å²) < 4.78 is 5.78. The monoisotopic (exact) mass is 397 g/mol. The van der Waals surface area contributed by atoms with Gasteiger partial charge in [0.05, 0.1) is 12.3 Å². The van der Waals surface area contributed by atoms with Gasteiger partial charge in [0.2, 0.25) is 0 Å². The summed E-state index contributed by atoms with van der Waals surface area (Å²) in [5.74, 6) is 1.55. The fraction of sp³-hybridized carbons (Fsp3) is 0.435. The van der Waals surface area contributed by atoms with Gasteiger partial charge >= 0.3 is 0 Å². The zero-order valence-electron chi connectivity index (χ0n) is 17.1. The Morgan fingerprint density at radius 3 is 2.36 bits per heavy atom. The van der Waals surface area contributed by atoms with Gasteiger partial charge in [-0.1, -0.05) is 38.1 Å². The van der Waals surface area contributed by atoms with Crippen LogP contribution in [0.25, 0.3) is 0 Å². The van der Waals surface area contributed by atoms with Gasteiger partial charge in [0.15, 0.2) is 5.11 Å². The molecule has 1 atom stereocenters. The molecule has 1 aliphatic rings. The Morgan fingerprint density at radius 1 is 1.04 bits per heavy atom. The number of nitrogens with zero attached hydrogens (tertiary/aromatic N) is 2. The third-order valence-electron chi connectivity index (χ3n) is 5.42. The van der Waals surface area contributed by atoms with Crippen LogP contribution in [0.15, 0.2) is 48.5 Å². The van der Waals surface area contributed by atoms with Gasteiger partial charge in [-0.2, -0.15) is 0 Å². The van der Waals surface area contributed by atoms with Gasteiger partial charge in [-0.15, -0.1) is 0 Å². The fourth-order valence-corrected chi connectivity index (χ4v) is 3.78. The van der Waals surface area contributed by atoms with Gasteiger partial charge in [0, 0.05) is 31.9 Å². The van der Waals surface area contributed by atoms with Crippen molar-refractivity contribution in [2.24, 2.45) is 0 Å². The first-order valence-corrected chi connectivity index (χ1v) is 10.7. The van der Waals surface area contributed by atoms with Crippen LogP contribution < -0.4 is 15.0 Å². The molecule has 1 aliphatic heterocycles. The van der Waals surface area contributed by atoms with E-state index in [1.807, 2.05) is 19.1 Å². The molecule has 4 nitrogen and oxygen atoms in total. The highest BCUT2D eigenvalue weighted by molar-refractivity contribution is 7.80. The first-order chi connectivity index (χ1) is 13.6. The number of benzene rings is 2. The maximum Gasteiger partial charge on any atom is 0.173 e. The Hall–Kier alpha value is -2.27. The van der Waals surface area contributed by atoms with Crippen LogP contribution in [-0.2, 0) is 0 Å². The van der Waals surface area contributed by atoms with Crippen LogP contribution in [0.5, 0.6) is 5.75 Å². The lowest BCUT2D eigenvalue weighted by Gasteiger charge is -2.38. The molecule has 0 radical (unpaired) electrons. The number of ether oxygens (including phenoxy) is 1. The van der Waals surface area contributed by atoms with Gasteiger partial charge in [0.25, 0.3) is 0 Å². The van der Waals surface area contributed by atoms with Gasteiger partial charge in [-0.25, -0.2) is 0 Å². The average molecular weight is 398 g/mol. The number of thiocarbonyl (C=S) groups is 1. The molecule has 28 heavy (non-hydrogen) atoms. The summed E-state index contributed by atoms with van der Waals surface area (Å²) in [6, 6.07) is 16.9. The second-order valence-electron chi connectivity index (χ2n) is 7.24. The molecule has 2 aromatic carbocycles. The van der Waals surface area contributed by atoms with Crippen molar-refractivity contribution in [2.45, 2.75) is 33.1 Å². The normalized spacial score (nSPS) is 15.2. The molecule has 0 amide bonds. The second kappa shape index (κ2) is 9.78. The van der Waals surface area contributed by atoms with E-state index in [0.29, 0.717) is 12.5 Å². The SMILES string of the molecule is CCOc1ccccc1N1CCN(C(=S)Nc2ccc([C@H](C)CC)cc2)CC1. The highest BCUT2D eigenvalue weighted by atomic mass is 32.1. The highest BCUT2D eigenvalue weighted by Gasteiger charge is 2.21. The predicted molar refractivity (Wildman–Crippen MR) is 123 cm³/mol. The zero-order valence-corrected chi connectivity index (χ0v) is 18.0. The third-order valence-corrected chi connectivity index (χ3v) is 5.78. The Balaban J connectivity index is 1.55. The van der Waals surface area contributed by atoms with Crippen molar-refractivity contribution in [1.29, 1.82) is 0 Å². The number of piperazine rings is 1. The minimum absolute atomic E-state index is 0.591. The van der Waals surface area contributed by atoms with Gasteiger partial charge in [0.1, 0.15) is 5.75 Å². The molecule has 5 heteroatoms. The van der Waals surface area contributed by atoms with Crippen molar-refractivity contribution in [1.82, 2.24) is 4.90 Å². The molecule has 1 fully saturated rings. The van der Waals surface area contributed by atoms with E-state index in [1.165, 1.54) is 11.3 Å². The number of anilines is 2. The summed E-state index contributed by atoms with van der Waals surface area (Å²) in [5, 5.41) is 4.20. The van der Waals surface area contributed by atoms with Crippen LogP contribution in [0.2, 0.25) is 0 Å². The quantitative estimate of drug-likeness (QED) is 0.683. The predicted octanol–water partition coefficient (Wildman–Crippen LogP) is 5.12. The molecule has 150 valence electrons. The molecular weight excluding hydrogens is 366 g/mol. The van der Waals surface area contributed by atoms with E-state index in [2.05, 4.69) is 65.4 Å². The molecule has 2 aromatic rings. The van der Waals surface area contributed by atoms with Crippen molar-refractivity contribution in [3.8, 4) is 5.75 Å². The number of para-hydroxylation sites is 2. The molecule has 0 spiro atoms. The van der Waals surface area contributed by atoms with E-state index in [0.717, 1.165) is 49.1 Å². The summed E-state index contributed by atoms with van der Waals surface area (Å²) >= 11 is 5.66. The van der Waals surface area contributed by atoms with Crippen LogP contribution in [0.1, 0.15) is 38.7 Å². The van der Waals surface area contributed by atoms with E-state index in [9.17, 15) is 0 Å². The lowest BCUT2D eigenvalue weighted by atomic mass is 9.99. The summed E-state index contributed by atoms with van der Waals surface area (Å²) in [6.45, 7) is 10.8. The minimum atomic E-state index is 0.591. The van der Waals surface area contributed by atoms with Gasteiger partial charge < -0.3 is 19.9 Å². The maximum absolute atomic E-state index is 5.78. The topological polar surface area (TPSA) is 27.7 Å². The van der Waals surface area contributed by atoms with E-state index in [1.54, 1.807) is 0 Å². The number of hydrogen-bond donors (Lipinski definition) is 1. The fourth-order valence-electron chi connectivity index (χ4n) is 3.48. The van der Waals surface area contributed by atoms with Gasteiger partial charge in [-0.3, -0.25) is 0 Å². The number of nitrogens with one attached hydrogen (secondary N) is 1. The summed E-state index contributed by atoms with van der Waals surface area (Å²) in [7, 11) is 0. The molecule has 1 saturated heterocycles. The van der Waals surface area contributed by atoms with E-state index in [4.69, 9.17) is 17.0 Å². The van der Waals surface area contributed by atoms with Crippen molar-refractivity contribution in [3.63, 3.8) is 0 Å². The summed E-state index contributed by atoms with van der Waals surface area (Å²) in [5.41, 5.74) is 3.60. The van der Waals surface area contributed by atoms with E-state index >= 15 is 0 Å². The van der Waals surface area contributed by atoms with Crippen molar-refractivity contribution in [2.75, 3.05) is 43.0 Å². The minimum Gasteiger partial charge on any atom is -0.492 e. The standard InChI is InChI=1S/C23H31N3OS/c1-4-18(3)19-10-12-20(13-11-19)24-23(28)26-16-14-25(15-17-26)21-8-6-7-9-22(21)27-5-2/h6-13,18H,4-5,14-17H2,1-3H3,(H,24,28)/t18-/m1/s1. The van der Waals surface area contributed by atoms with Gasteiger partial charge in [-0.05, 0) is 61.3 Å². The van der Waals surface area contributed by atoms with Crippen LogP contribution in [0, 0.1) is 0 Å². The van der Waals surface area contributed by atoms with Crippen molar-refractivity contribution < 1.29 is 4.74 Å². The molecule has 1 N–H and O–H groups in total. The lowest BCUT2D eigenvalue weighted by Crippen LogP contribution is -2.50. The smallest absolute Gasteiger partial charge is 0.173 e. The second-order valence-corrected chi connectivity index (χ2v) is 7.62. The van der Waals surface area contributed by atoms with Crippen LogP contribution in [0.4, 0.5) is 11.4 Å². The first kappa shape index (κ1) is 20.5. The Bertz CT molecular complexity index is 770.